The van der Waals surface area contributed by atoms with Crippen LogP contribution in [-0.2, 0) is 13.6 Å². The Morgan fingerprint density at radius 2 is 1.62 bits per heavy atom. The molecule has 16 heavy (non-hydrogen) atoms. The number of rotatable bonds is 6. The lowest BCUT2D eigenvalue weighted by Gasteiger charge is -2.17. The van der Waals surface area contributed by atoms with E-state index in [-0.39, 0.29) is 12.2 Å². The van der Waals surface area contributed by atoms with Gasteiger partial charge in [0.1, 0.15) is 0 Å². The Balaban J connectivity index is 4.51. The molecule has 0 heterocycles. The van der Waals surface area contributed by atoms with Gasteiger partial charge in [-0.3, -0.25) is 9.05 Å². The van der Waals surface area contributed by atoms with Crippen molar-refractivity contribution < 1.29 is 13.6 Å². The maximum atomic E-state index is 12.2. The highest BCUT2D eigenvalue weighted by molar-refractivity contribution is 7.59. The third-order valence-electron chi connectivity index (χ3n) is 1.57. The zero-order valence-electron chi connectivity index (χ0n) is 10.9. The Labute approximate surface area is 99.4 Å². The van der Waals surface area contributed by atoms with Gasteiger partial charge in [0.15, 0.2) is 0 Å². The summed E-state index contributed by atoms with van der Waals surface area (Å²) in [5, 5.41) is 0. The SMILES string of the molecule is CCCCC#CP(=O)(OC(C)C)OC(C)C. The monoisotopic (exact) mass is 246 g/mol. The van der Waals surface area contributed by atoms with E-state index in [1.165, 1.54) is 0 Å². The minimum Gasteiger partial charge on any atom is -0.297 e. The van der Waals surface area contributed by atoms with Crippen LogP contribution in [0.15, 0.2) is 0 Å². The van der Waals surface area contributed by atoms with Gasteiger partial charge in [-0.1, -0.05) is 19.3 Å². The summed E-state index contributed by atoms with van der Waals surface area (Å²) in [5.41, 5.74) is 2.65. The smallest absolute Gasteiger partial charge is 0.297 e. The average molecular weight is 246 g/mol. The van der Waals surface area contributed by atoms with E-state index >= 15 is 0 Å². The van der Waals surface area contributed by atoms with Gasteiger partial charge in [-0.2, -0.15) is 0 Å². The Morgan fingerprint density at radius 1 is 1.12 bits per heavy atom. The maximum Gasteiger partial charge on any atom is 0.406 e. The lowest BCUT2D eigenvalue weighted by atomic mass is 10.3. The third-order valence-corrected chi connectivity index (χ3v) is 3.40. The predicted molar refractivity (Wildman–Crippen MR) is 67.3 cm³/mol. The zero-order valence-corrected chi connectivity index (χ0v) is 11.8. The van der Waals surface area contributed by atoms with Crippen LogP contribution >= 0.6 is 7.60 Å². The lowest BCUT2D eigenvalue weighted by molar-refractivity contribution is 0.151. The van der Waals surface area contributed by atoms with Crippen molar-refractivity contribution in [2.24, 2.45) is 0 Å². The molecule has 0 unspecified atom stereocenters. The molecule has 94 valence electrons. The zero-order chi connectivity index (χ0) is 12.6. The molecule has 0 atom stereocenters. The van der Waals surface area contributed by atoms with E-state index < -0.39 is 7.60 Å². The fraction of sp³-hybridized carbons (Fsp3) is 0.833. The molecular weight excluding hydrogens is 223 g/mol. The van der Waals surface area contributed by atoms with Gasteiger partial charge in [-0.05, 0) is 34.1 Å². The van der Waals surface area contributed by atoms with Crippen molar-refractivity contribution >= 4 is 7.60 Å². The van der Waals surface area contributed by atoms with Crippen molar-refractivity contribution in [3.8, 4) is 11.6 Å². The first-order valence-electron chi connectivity index (χ1n) is 5.86. The van der Waals surface area contributed by atoms with Gasteiger partial charge >= 0.3 is 7.60 Å². The Hall–Kier alpha value is -0.290. The quantitative estimate of drug-likeness (QED) is 0.400. The molecule has 0 fully saturated rings. The van der Waals surface area contributed by atoms with Crippen LogP contribution in [0.1, 0.15) is 53.9 Å². The highest BCUT2D eigenvalue weighted by Crippen LogP contribution is 2.49. The fourth-order valence-corrected chi connectivity index (χ4v) is 2.62. The second-order valence-electron chi connectivity index (χ2n) is 4.20. The molecule has 4 heteroatoms. The van der Waals surface area contributed by atoms with Crippen LogP contribution in [0.25, 0.3) is 0 Å². The van der Waals surface area contributed by atoms with Crippen LogP contribution in [-0.4, -0.2) is 12.2 Å². The summed E-state index contributed by atoms with van der Waals surface area (Å²) in [7, 11) is -3.23. The molecule has 0 saturated heterocycles. The molecule has 0 aliphatic carbocycles. The first-order valence-corrected chi connectivity index (χ1v) is 7.41. The molecule has 0 spiro atoms. The molecular formula is C12H23O3P. The lowest BCUT2D eigenvalue weighted by Crippen LogP contribution is -2.06. The van der Waals surface area contributed by atoms with Crippen molar-refractivity contribution in [2.45, 2.75) is 66.1 Å². The van der Waals surface area contributed by atoms with Gasteiger partial charge in [0.25, 0.3) is 0 Å². The van der Waals surface area contributed by atoms with Gasteiger partial charge in [0.05, 0.1) is 12.2 Å². The van der Waals surface area contributed by atoms with E-state index in [2.05, 4.69) is 18.5 Å². The minimum absolute atomic E-state index is 0.148. The molecule has 0 aromatic heterocycles. The molecule has 0 N–H and O–H groups in total. The molecule has 0 aliphatic heterocycles. The topological polar surface area (TPSA) is 35.5 Å². The van der Waals surface area contributed by atoms with Crippen LogP contribution in [0.3, 0.4) is 0 Å². The van der Waals surface area contributed by atoms with E-state index in [0.29, 0.717) is 0 Å². The number of hydrogen-bond acceptors (Lipinski definition) is 3. The average Bonchev–Trinajstić information content (AvgIpc) is 2.09. The third kappa shape index (κ3) is 7.93. The number of unbranched alkanes of at least 4 members (excludes halogenated alkanes) is 2. The summed E-state index contributed by atoms with van der Waals surface area (Å²) in [6.07, 6.45) is 2.53. The van der Waals surface area contributed by atoms with Gasteiger partial charge in [0.2, 0.25) is 0 Å². The van der Waals surface area contributed by atoms with Crippen LogP contribution in [0.2, 0.25) is 0 Å². The van der Waals surface area contributed by atoms with E-state index in [4.69, 9.17) is 9.05 Å². The van der Waals surface area contributed by atoms with E-state index in [1.807, 2.05) is 27.7 Å². The van der Waals surface area contributed by atoms with Crippen molar-refractivity contribution in [1.29, 1.82) is 0 Å². The Morgan fingerprint density at radius 3 is 2.00 bits per heavy atom. The molecule has 0 amide bonds. The summed E-state index contributed by atoms with van der Waals surface area (Å²) >= 11 is 0. The molecule has 0 radical (unpaired) electrons. The van der Waals surface area contributed by atoms with Crippen molar-refractivity contribution in [3.05, 3.63) is 0 Å². The minimum atomic E-state index is -3.23. The largest absolute Gasteiger partial charge is 0.406 e. The van der Waals surface area contributed by atoms with Crippen LogP contribution < -0.4 is 0 Å². The molecule has 0 aromatic rings. The van der Waals surface area contributed by atoms with Crippen molar-refractivity contribution in [1.82, 2.24) is 0 Å². The molecule has 0 bridgehead atoms. The second kappa shape index (κ2) is 7.90. The normalized spacial score (nSPS) is 11.7. The van der Waals surface area contributed by atoms with E-state index in [0.717, 1.165) is 19.3 Å². The number of hydrogen-bond donors (Lipinski definition) is 0. The summed E-state index contributed by atoms with van der Waals surface area (Å²) in [4.78, 5) is 0. The Kier molecular flexibility index (Phi) is 7.76. The van der Waals surface area contributed by atoms with Crippen LogP contribution in [0, 0.1) is 11.6 Å². The maximum absolute atomic E-state index is 12.2. The highest BCUT2D eigenvalue weighted by Gasteiger charge is 2.24. The summed E-state index contributed by atoms with van der Waals surface area (Å²) in [6.45, 7) is 9.39. The molecule has 0 aliphatic rings. The first-order chi connectivity index (χ1) is 7.39. The Bertz CT molecular complexity index is 272. The molecule has 0 saturated carbocycles. The molecule has 0 rings (SSSR count). The summed E-state index contributed by atoms with van der Waals surface area (Å²) in [5.74, 6) is 2.87. The van der Waals surface area contributed by atoms with Crippen LogP contribution in [0.4, 0.5) is 0 Å². The van der Waals surface area contributed by atoms with Gasteiger partial charge in [0, 0.05) is 12.1 Å². The predicted octanol–water partition coefficient (Wildman–Crippen LogP) is 4.18. The van der Waals surface area contributed by atoms with Crippen molar-refractivity contribution in [2.75, 3.05) is 0 Å². The second-order valence-corrected chi connectivity index (χ2v) is 5.84. The standard InChI is InChI=1S/C12H23O3P/c1-6-7-8-9-10-16(13,14-11(2)3)15-12(4)5/h11-12H,6-8H2,1-5H3. The van der Waals surface area contributed by atoms with Crippen LogP contribution in [0.5, 0.6) is 0 Å². The fourth-order valence-electron chi connectivity index (χ4n) is 1.05. The van der Waals surface area contributed by atoms with Gasteiger partial charge < -0.3 is 0 Å². The summed E-state index contributed by atoms with van der Waals surface area (Å²) < 4.78 is 22.8. The highest BCUT2D eigenvalue weighted by atomic mass is 31.2. The van der Waals surface area contributed by atoms with Gasteiger partial charge in [-0.25, -0.2) is 4.57 Å². The van der Waals surface area contributed by atoms with Crippen molar-refractivity contribution in [3.63, 3.8) is 0 Å². The first kappa shape index (κ1) is 15.7. The molecule has 3 nitrogen and oxygen atoms in total. The van der Waals surface area contributed by atoms with E-state index in [9.17, 15) is 4.57 Å². The van der Waals surface area contributed by atoms with E-state index in [1.54, 1.807) is 0 Å². The molecule has 0 aromatic carbocycles. The van der Waals surface area contributed by atoms with Gasteiger partial charge in [-0.15, -0.1) is 0 Å². The summed E-state index contributed by atoms with van der Waals surface area (Å²) in [6, 6.07) is 0.